The van der Waals surface area contributed by atoms with Crippen molar-refractivity contribution < 1.29 is 0 Å². The van der Waals surface area contributed by atoms with Crippen molar-refractivity contribution in [1.82, 2.24) is 14.8 Å². The van der Waals surface area contributed by atoms with Crippen molar-refractivity contribution in [2.45, 2.75) is 53.5 Å². The maximum atomic E-state index is 5.64. The summed E-state index contributed by atoms with van der Waals surface area (Å²) in [6.45, 7) is 11.2. The van der Waals surface area contributed by atoms with Crippen LogP contribution in [0, 0.1) is 5.41 Å². The van der Waals surface area contributed by atoms with Gasteiger partial charge < -0.3 is 11.1 Å². The Balaban J connectivity index is 2.67. The molecule has 1 aromatic heterocycles. The van der Waals surface area contributed by atoms with Gasteiger partial charge in [-0.05, 0) is 38.6 Å². The molecule has 0 aliphatic heterocycles. The van der Waals surface area contributed by atoms with E-state index in [2.05, 4.69) is 47.8 Å². The van der Waals surface area contributed by atoms with Crippen LogP contribution in [0.3, 0.4) is 0 Å². The van der Waals surface area contributed by atoms with Crippen LogP contribution in [-0.4, -0.2) is 27.9 Å². The Labute approximate surface area is 110 Å². The van der Waals surface area contributed by atoms with Crippen LogP contribution in [-0.2, 0) is 13.0 Å². The molecule has 0 saturated carbocycles. The van der Waals surface area contributed by atoms with E-state index < -0.39 is 0 Å². The van der Waals surface area contributed by atoms with E-state index in [0.717, 1.165) is 50.7 Å². The van der Waals surface area contributed by atoms with Gasteiger partial charge in [0.1, 0.15) is 5.82 Å². The lowest BCUT2D eigenvalue weighted by Gasteiger charge is -2.23. The molecule has 0 spiro atoms. The van der Waals surface area contributed by atoms with Gasteiger partial charge in [-0.3, -0.25) is 4.57 Å². The second-order valence-corrected chi connectivity index (χ2v) is 5.42. The molecule has 1 aromatic rings. The molecule has 0 fully saturated rings. The maximum Gasteiger partial charge on any atom is 0.224 e. The zero-order valence-electron chi connectivity index (χ0n) is 12.2. The molecule has 5 heteroatoms. The number of hydrogen-bond donors (Lipinski definition) is 2. The number of anilines is 1. The first kappa shape index (κ1) is 15.0. The average Bonchev–Trinajstić information content (AvgIpc) is 2.69. The average molecular weight is 253 g/mol. The van der Waals surface area contributed by atoms with Crippen molar-refractivity contribution in [3.8, 4) is 0 Å². The van der Waals surface area contributed by atoms with Crippen LogP contribution in [0.5, 0.6) is 0 Å². The zero-order chi connectivity index (χ0) is 13.6. The quantitative estimate of drug-likeness (QED) is 0.744. The third-order valence-corrected chi connectivity index (χ3v) is 3.33. The van der Waals surface area contributed by atoms with Gasteiger partial charge in [0.2, 0.25) is 5.95 Å². The number of nitrogens with one attached hydrogen (secondary N) is 1. The van der Waals surface area contributed by atoms with Crippen molar-refractivity contribution in [3.63, 3.8) is 0 Å². The molecule has 0 aromatic carbocycles. The number of aromatic nitrogens is 3. The SMILES string of the molecule is CCNc1nnc(CCC(C)(C)CCN)n1CC. The normalized spacial score (nSPS) is 11.8. The first-order chi connectivity index (χ1) is 8.54. The molecule has 1 rings (SSSR count). The molecule has 104 valence electrons. The number of nitrogens with zero attached hydrogens (tertiary/aromatic N) is 3. The van der Waals surface area contributed by atoms with E-state index in [-0.39, 0.29) is 5.41 Å². The first-order valence-corrected chi connectivity index (χ1v) is 6.90. The second-order valence-electron chi connectivity index (χ2n) is 5.42. The molecule has 0 bridgehead atoms. The number of nitrogens with two attached hydrogens (primary N) is 1. The van der Waals surface area contributed by atoms with Gasteiger partial charge in [0.05, 0.1) is 0 Å². The third-order valence-electron chi connectivity index (χ3n) is 3.33. The summed E-state index contributed by atoms with van der Waals surface area (Å²) in [6.07, 6.45) is 3.10. The van der Waals surface area contributed by atoms with Crippen LogP contribution >= 0.6 is 0 Å². The lowest BCUT2D eigenvalue weighted by atomic mass is 9.84. The minimum Gasteiger partial charge on any atom is -0.355 e. The lowest BCUT2D eigenvalue weighted by Crippen LogP contribution is -2.19. The molecule has 18 heavy (non-hydrogen) atoms. The Bertz CT molecular complexity index is 356. The van der Waals surface area contributed by atoms with Crippen LogP contribution < -0.4 is 11.1 Å². The van der Waals surface area contributed by atoms with Gasteiger partial charge in [-0.2, -0.15) is 0 Å². The van der Waals surface area contributed by atoms with Gasteiger partial charge in [0.25, 0.3) is 0 Å². The van der Waals surface area contributed by atoms with Crippen LogP contribution in [0.4, 0.5) is 5.95 Å². The van der Waals surface area contributed by atoms with E-state index in [0.29, 0.717) is 0 Å². The predicted octanol–water partition coefficient (Wildman–Crippen LogP) is 2.04. The number of hydrogen-bond acceptors (Lipinski definition) is 4. The van der Waals surface area contributed by atoms with E-state index in [4.69, 9.17) is 5.73 Å². The number of rotatable bonds is 8. The van der Waals surface area contributed by atoms with Crippen molar-refractivity contribution in [1.29, 1.82) is 0 Å². The molecule has 0 aliphatic carbocycles. The van der Waals surface area contributed by atoms with E-state index in [9.17, 15) is 0 Å². The Morgan fingerprint density at radius 3 is 2.50 bits per heavy atom. The van der Waals surface area contributed by atoms with Crippen molar-refractivity contribution >= 4 is 5.95 Å². The standard InChI is InChI=1S/C13H27N5/c1-5-15-12-17-16-11(18(12)6-2)7-8-13(3,4)9-10-14/h5-10,14H2,1-4H3,(H,15,17). The highest BCUT2D eigenvalue weighted by molar-refractivity contribution is 5.25. The molecule has 1 heterocycles. The minimum atomic E-state index is 0.275. The summed E-state index contributed by atoms with van der Waals surface area (Å²) in [5, 5.41) is 11.7. The van der Waals surface area contributed by atoms with Crippen molar-refractivity contribution in [3.05, 3.63) is 5.82 Å². The van der Waals surface area contributed by atoms with E-state index in [1.807, 2.05) is 0 Å². The first-order valence-electron chi connectivity index (χ1n) is 6.90. The van der Waals surface area contributed by atoms with Gasteiger partial charge >= 0.3 is 0 Å². The fourth-order valence-electron chi connectivity index (χ4n) is 2.11. The molecule has 0 amide bonds. The summed E-state index contributed by atoms with van der Waals surface area (Å²) in [7, 11) is 0. The summed E-state index contributed by atoms with van der Waals surface area (Å²) < 4.78 is 2.15. The topological polar surface area (TPSA) is 68.8 Å². The molecule has 0 unspecified atom stereocenters. The molecule has 0 radical (unpaired) electrons. The molecular weight excluding hydrogens is 226 g/mol. The summed E-state index contributed by atoms with van der Waals surface area (Å²) in [5.41, 5.74) is 5.92. The summed E-state index contributed by atoms with van der Waals surface area (Å²) in [6, 6.07) is 0. The van der Waals surface area contributed by atoms with Crippen molar-refractivity contribution in [2.75, 3.05) is 18.4 Å². The highest BCUT2D eigenvalue weighted by Gasteiger charge is 2.19. The molecule has 0 aliphatic rings. The van der Waals surface area contributed by atoms with Gasteiger partial charge in [-0.15, -0.1) is 10.2 Å². The van der Waals surface area contributed by atoms with Gasteiger partial charge in [-0.25, -0.2) is 0 Å². The fraction of sp³-hybridized carbons (Fsp3) is 0.846. The molecule has 3 N–H and O–H groups in total. The molecular formula is C13H27N5. The van der Waals surface area contributed by atoms with Crippen LogP contribution in [0.2, 0.25) is 0 Å². The highest BCUT2D eigenvalue weighted by Crippen LogP contribution is 2.26. The highest BCUT2D eigenvalue weighted by atomic mass is 15.3. The Hall–Kier alpha value is -1.10. The van der Waals surface area contributed by atoms with Crippen LogP contribution in [0.15, 0.2) is 0 Å². The third kappa shape index (κ3) is 3.98. The zero-order valence-corrected chi connectivity index (χ0v) is 12.2. The van der Waals surface area contributed by atoms with Crippen LogP contribution in [0.25, 0.3) is 0 Å². The smallest absolute Gasteiger partial charge is 0.224 e. The maximum absolute atomic E-state index is 5.64. The molecule has 5 nitrogen and oxygen atoms in total. The van der Waals surface area contributed by atoms with E-state index >= 15 is 0 Å². The Kier molecular flexibility index (Phi) is 5.59. The summed E-state index contributed by atoms with van der Waals surface area (Å²) >= 11 is 0. The minimum absolute atomic E-state index is 0.275. The lowest BCUT2D eigenvalue weighted by molar-refractivity contribution is 0.309. The predicted molar refractivity (Wildman–Crippen MR) is 75.6 cm³/mol. The monoisotopic (exact) mass is 253 g/mol. The van der Waals surface area contributed by atoms with Gasteiger partial charge in [-0.1, -0.05) is 13.8 Å². The summed E-state index contributed by atoms with van der Waals surface area (Å²) in [5.74, 6) is 1.95. The molecule has 0 atom stereocenters. The second kappa shape index (κ2) is 6.73. The van der Waals surface area contributed by atoms with Gasteiger partial charge in [0.15, 0.2) is 0 Å². The molecule has 0 saturated heterocycles. The number of aryl methyl sites for hydroxylation is 1. The summed E-state index contributed by atoms with van der Waals surface area (Å²) in [4.78, 5) is 0. The largest absolute Gasteiger partial charge is 0.355 e. The Morgan fingerprint density at radius 2 is 1.94 bits per heavy atom. The fourth-order valence-corrected chi connectivity index (χ4v) is 2.11. The van der Waals surface area contributed by atoms with E-state index in [1.54, 1.807) is 0 Å². The van der Waals surface area contributed by atoms with Gasteiger partial charge in [0, 0.05) is 19.5 Å². The van der Waals surface area contributed by atoms with E-state index in [1.165, 1.54) is 0 Å². The Morgan fingerprint density at radius 1 is 1.22 bits per heavy atom. The van der Waals surface area contributed by atoms with Crippen molar-refractivity contribution in [2.24, 2.45) is 11.1 Å². The van der Waals surface area contributed by atoms with Crippen LogP contribution in [0.1, 0.15) is 46.4 Å².